The zero-order chi connectivity index (χ0) is 16.2. The molecule has 0 saturated carbocycles. The van der Waals surface area contributed by atoms with Gasteiger partial charge in [-0.3, -0.25) is 4.79 Å². The molecule has 1 fully saturated rings. The van der Waals surface area contributed by atoms with Crippen molar-refractivity contribution >= 4 is 24.0 Å². The number of hydrogen-bond acceptors (Lipinski definition) is 4. The average Bonchev–Trinajstić information content (AvgIpc) is 2.55. The molecule has 0 spiro atoms. The van der Waals surface area contributed by atoms with Gasteiger partial charge >= 0.3 is 0 Å². The van der Waals surface area contributed by atoms with Crippen molar-refractivity contribution in [3.8, 4) is 11.4 Å². The van der Waals surface area contributed by atoms with Crippen LogP contribution in [0.1, 0.15) is 25.5 Å². The molecule has 128 valence electrons. The number of nitrogens with one attached hydrogen (secondary N) is 2. The van der Waals surface area contributed by atoms with E-state index in [1.807, 2.05) is 37.3 Å². The van der Waals surface area contributed by atoms with Gasteiger partial charge in [-0.2, -0.15) is 0 Å². The van der Waals surface area contributed by atoms with Crippen molar-refractivity contribution in [3.05, 3.63) is 42.2 Å². The number of anilines is 1. The molecule has 2 heterocycles. The lowest BCUT2D eigenvalue weighted by Gasteiger charge is -2.27. The van der Waals surface area contributed by atoms with E-state index in [0.717, 1.165) is 36.3 Å². The first-order valence-corrected chi connectivity index (χ1v) is 8.06. The van der Waals surface area contributed by atoms with Gasteiger partial charge in [-0.1, -0.05) is 0 Å². The van der Waals surface area contributed by atoms with E-state index in [1.54, 1.807) is 6.20 Å². The normalized spacial score (nSPS) is 20.1. The summed E-state index contributed by atoms with van der Waals surface area (Å²) < 4.78 is 0. The Labute approximate surface area is 148 Å². The minimum Gasteiger partial charge on any atom is -0.326 e. The quantitative estimate of drug-likeness (QED) is 0.895. The fraction of sp³-hybridized carbons (Fsp3) is 0.389. The van der Waals surface area contributed by atoms with Crippen LogP contribution < -0.4 is 10.6 Å². The van der Waals surface area contributed by atoms with Crippen molar-refractivity contribution in [2.24, 2.45) is 5.92 Å². The summed E-state index contributed by atoms with van der Waals surface area (Å²) in [4.78, 5) is 21.0. The van der Waals surface area contributed by atoms with Crippen LogP contribution >= 0.6 is 12.4 Å². The molecule has 0 unspecified atom stereocenters. The summed E-state index contributed by atoms with van der Waals surface area (Å²) in [6.45, 7) is 4.97. The van der Waals surface area contributed by atoms with E-state index in [4.69, 9.17) is 0 Å². The fourth-order valence-corrected chi connectivity index (χ4v) is 2.91. The number of carbonyl (C=O) groups is 1. The van der Waals surface area contributed by atoms with Gasteiger partial charge in [0.1, 0.15) is 0 Å². The van der Waals surface area contributed by atoms with Crippen LogP contribution in [-0.2, 0) is 4.79 Å². The van der Waals surface area contributed by atoms with E-state index in [0.29, 0.717) is 11.9 Å². The molecular formula is C18H23ClN4O. The number of amides is 1. The third-order valence-electron chi connectivity index (χ3n) is 4.20. The Morgan fingerprint density at radius 3 is 2.67 bits per heavy atom. The number of aryl methyl sites for hydroxylation is 1. The Hall–Kier alpha value is -1.98. The largest absolute Gasteiger partial charge is 0.326 e. The van der Waals surface area contributed by atoms with Gasteiger partial charge in [0.2, 0.25) is 5.91 Å². The van der Waals surface area contributed by atoms with Gasteiger partial charge in [-0.25, -0.2) is 9.97 Å². The Morgan fingerprint density at radius 1 is 1.25 bits per heavy atom. The second-order valence-electron chi connectivity index (χ2n) is 6.16. The Morgan fingerprint density at radius 2 is 2.00 bits per heavy atom. The van der Waals surface area contributed by atoms with Crippen LogP contribution in [0, 0.1) is 12.8 Å². The van der Waals surface area contributed by atoms with Gasteiger partial charge in [-0.05, 0) is 63.6 Å². The zero-order valence-electron chi connectivity index (χ0n) is 14.0. The number of carbonyl (C=O) groups excluding carboxylic acids is 1. The molecule has 1 amide bonds. The number of hydrogen-bond donors (Lipinski definition) is 2. The molecular weight excluding hydrogens is 324 g/mol. The second kappa shape index (κ2) is 8.22. The lowest BCUT2D eigenvalue weighted by atomic mass is 9.92. The highest BCUT2D eigenvalue weighted by Crippen LogP contribution is 2.21. The smallest absolute Gasteiger partial charge is 0.227 e. The summed E-state index contributed by atoms with van der Waals surface area (Å²) in [6.07, 6.45) is 3.54. The van der Waals surface area contributed by atoms with Crippen molar-refractivity contribution in [2.45, 2.75) is 32.7 Å². The molecule has 2 N–H and O–H groups in total. The fourth-order valence-electron chi connectivity index (χ4n) is 2.91. The van der Waals surface area contributed by atoms with E-state index < -0.39 is 0 Å². The van der Waals surface area contributed by atoms with Gasteiger partial charge in [0, 0.05) is 35.1 Å². The first-order valence-electron chi connectivity index (χ1n) is 8.06. The summed E-state index contributed by atoms with van der Waals surface area (Å²) in [7, 11) is 0. The maximum atomic E-state index is 12.3. The third kappa shape index (κ3) is 4.52. The maximum Gasteiger partial charge on any atom is 0.227 e. The van der Waals surface area contributed by atoms with E-state index in [-0.39, 0.29) is 24.2 Å². The Bertz CT molecular complexity index is 690. The molecule has 24 heavy (non-hydrogen) atoms. The van der Waals surface area contributed by atoms with E-state index in [2.05, 4.69) is 27.5 Å². The maximum absolute atomic E-state index is 12.3. The van der Waals surface area contributed by atoms with Crippen LogP contribution in [0.4, 0.5) is 5.69 Å². The number of piperidine rings is 1. The number of halogens is 1. The Kier molecular flexibility index (Phi) is 6.29. The van der Waals surface area contributed by atoms with Crippen molar-refractivity contribution in [3.63, 3.8) is 0 Å². The number of aromatic nitrogens is 2. The van der Waals surface area contributed by atoms with Crippen molar-refractivity contribution in [1.82, 2.24) is 15.3 Å². The highest BCUT2D eigenvalue weighted by molar-refractivity contribution is 5.92. The minimum absolute atomic E-state index is 0. The molecule has 2 atom stereocenters. The average molecular weight is 347 g/mol. The lowest BCUT2D eigenvalue weighted by Crippen LogP contribution is -2.40. The van der Waals surface area contributed by atoms with Crippen LogP contribution in [0.3, 0.4) is 0 Å². The first-order chi connectivity index (χ1) is 11.1. The molecule has 1 saturated heterocycles. The molecule has 0 radical (unpaired) electrons. The zero-order valence-corrected chi connectivity index (χ0v) is 14.8. The lowest BCUT2D eigenvalue weighted by molar-refractivity contribution is -0.120. The van der Waals surface area contributed by atoms with E-state index in [1.165, 1.54) is 0 Å². The molecule has 0 bridgehead atoms. The van der Waals surface area contributed by atoms with Gasteiger partial charge in [-0.15, -0.1) is 12.4 Å². The van der Waals surface area contributed by atoms with Crippen LogP contribution in [0.15, 0.2) is 36.5 Å². The third-order valence-corrected chi connectivity index (χ3v) is 4.20. The van der Waals surface area contributed by atoms with Gasteiger partial charge in [0.15, 0.2) is 5.82 Å². The SMILES string of the molecule is Cc1ccnc(-c2ccc(NC(=O)[C@H]3CCN[C@@H](C)C3)cc2)n1.Cl. The molecule has 0 aliphatic carbocycles. The molecule has 1 aliphatic heterocycles. The standard InChI is InChI=1S/C18H22N4O.ClH/c1-12-7-9-20-17(21-12)14-3-5-16(6-4-14)22-18(23)15-8-10-19-13(2)11-15;/h3-7,9,13,15,19H,8,10-11H2,1-2H3,(H,22,23);1H/t13-,15-;/m0./s1. The molecule has 1 aromatic heterocycles. The van der Waals surface area contributed by atoms with Gasteiger partial charge in [0.05, 0.1) is 0 Å². The predicted molar refractivity (Wildman–Crippen MR) is 98.3 cm³/mol. The van der Waals surface area contributed by atoms with Crippen molar-refractivity contribution in [1.29, 1.82) is 0 Å². The van der Waals surface area contributed by atoms with Crippen molar-refractivity contribution in [2.75, 3.05) is 11.9 Å². The van der Waals surface area contributed by atoms with Crippen LogP contribution in [0.5, 0.6) is 0 Å². The van der Waals surface area contributed by atoms with Crippen LogP contribution in [0.25, 0.3) is 11.4 Å². The highest BCUT2D eigenvalue weighted by atomic mass is 35.5. The minimum atomic E-state index is 0. The predicted octanol–water partition coefficient (Wildman–Crippen LogP) is 3.20. The topological polar surface area (TPSA) is 66.9 Å². The summed E-state index contributed by atoms with van der Waals surface area (Å²) in [5.41, 5.74) is 2.70. The molecule has 1 aliphatic rings. The number of benzene rings is 1. The summed E-state index contributed by atoms with van der Waals surface area (Å²) in [5.74, 6) is 0.902. The molecule has 1 aromatic carbocycles. The van der Waals surface area contributed by atoms with E-state index >= 15 is 0 Å². The summed E-state index contributed by atoms with van der Waals surface area (Å²) in [6, 6.07) is 9.97. The monoisotopic (exact) mass is 346 g/mol. The van der Waals surface area contributed by atoms with E-state index in [9.17, 15) is 4.79 Å². The van der Waals surface area contributed by atoms with Gasteiger partial charge in [0.25, 0.3) is 0 Å². The summed E-state index contributed by atoms with van der Waals surface area (Å²) in [5, 5.41) is 6.38. The van der Waals surface area contributed by atoms with Crippen LogP contribution in [-0.4, -0.2) is 28.5 Å². The second-order valence-corrected chi connectivity index (χ2v) is 6.16. The molecule has 3 rings (SSSR count). The molecule has 6 heteroatoms. The summed E-state index contributed by atoms with van der Waals surface area (Å²) >= 11 is 0. The number of nitrogens with zero attached hydrogens (tertiary/aromatic N) is 2. The van der Waals surface area contributed by atoms with Gasteiger partial charge < -0.3 is 10.6 Å². The molecule has 2 aromatic rings. The molecule has 5 nitrogen and oxygen atoms in total. The Balaban J connectivity index is 0.00000208. The number of rotatable bonds is 3. The van der Waals surface area contributed by atoms with Crippen LogP contribution in [0.2, 0.25) is 0 Å². The highest BCUT2D eigenvalue weighted by Gasteiger charge is 2.24. The first kappa shape index (κ1) is 18.4. The van der Waals surface area contributed by atoms with Crippen molar-refractivity contribution < 1.29 is 4.79 Å².